The molecule has 1 amide bonds. The van der Waals surface area contributed by atoms with Gasteiger partial charge in [-0.15, -0.1) is 0 Å². The lowest BCUT2D eigenvalue weighted by Gasteiger charge is -2.33. The molecule has 1 aliphatic heterocycles. The van der Waals surface area contributed by atoms with Crippen LogP contribution in [0.1, 0.15) is 41.4 Å². The van der Waals surface area contributed by atoms with Gasteiger partial charge < -0.3 is 9.88 Å². The van der Waals surface area contributed by atoms with Crippen molar-refractivity contribution in [1.82, 2.24) is 24.5 Å². The Labute approximate surface area is 182 Å². The van der Waals surface area contributed by atoms with E-state index >= 15 is 0 Å². The minimum absolute atomic E-state index is 0.0308. The number of amides is 1. The van der Waals surface area contributed by atoms with Crippen LogP contribution in [0.5, 0.6) is 0 Å². The van der Waals surface area contributed by atoms with Crippen molar-refractivity contribution in [3.05, 3.63) is 65.2 Å². The number of H-pyrrole nitrogens is 1. The highest BCUT2D eigenvalue weighted by Crippen LogP contribution is 2.34. The number of likely N-dealkylation sites (tertiary alicyclic amines) is 1. The number of hydrogen-bond acceptors (Lipinski definition) is 3. The van der Waals surface area contributed by atoms with Crippen LogP contribution in [0.25, 0.3) is 16.6 Å². The summed E-state index contributed by atoms with van der Waals surface area (Å²) in [4.78, 5) is 22.4. The van der Waals surface area contributed by atoms with Crippen LogP contribution < -0.4 is 0 Å². The number of aromatic amines is 1. The van der Waals surface area contributed by atoms with E-state index in [0.29, 0.717) is 30.9 Å². The third-order valence-electron chi connectivity index (χ3n) is 6.07. The summed E-state index contributed by atoms with van der Waals surface area (Å²) in [6.07, 6.45) is -1.05. The number of rotatable bonds is 3. The lowest BCUT2D eigenvalue weighted by atomic mass is 9.93. The number of halogens is 3. The van der Waals surface area contributed by atoms with Gasteiger partial charge in [0.15, 0.2) is 5.65 Å². The standard InChI is InChI=1S/C23H22F3N5O/c1-14-9-21-28-19(11-20(23(24,25)26)31(21)29-14)15-5-4-8-30(13-15)22(32)10-16-12-27-18-7-3-2-6-17(16)18/h2-3,6-7,9,11-12,15,27H,4-5,8,10,13H2,1H3. The first-order valence-electron chi connectivity index (χ1n) is 10.6. The molecule has 3 aromatic heterocycles. The Hall–Kier alpha value is -3.36. The fraction of sp³-hybridized carbons (Fsp3) is 0.348. The van der Waals surface area contributed by atoms with E-state index in [4.69, 9.17) is 0 Å². The monoisotopic (exact) mass is 441 g/mol. The number of hydrogen-bond donors (Lipinski definition) is 1. The molecule has 4 aromatic rings. The van der Waals surface area contributed by atoms with Gasteiger partial charge in [0.1, 0.15) is 5.69 Å². The Bertz CT molecular complexity index is 1310. The number of alkyl halides is 3. The Morgan fingerprint density at radius 2 is 2.06 bits per heavy atom. The second kappa shape index (κ2) is 7.65. The molecule has 1 aromatic carbocycles. The molecule has 4 heterocycles. The SMILES string of the molecule is Cc1cc2nc(C3CCCN(C(=O)Cc4c[nH]c5ccccc45)C3)cc(C(F)(F)F)n2n1. The van der Waals surface area contributed by atoms with Crippen LogP contribution >= 0.6 is 0 Å². The van der Waals surface area contributed by atoms with Crippen LogP contribution in [0.3, 0.4) is 0 Å². The first-order valence-corrected chi connectivity index (χ1v) is 10.6. The summed E-state index contributed by atoms with van der Waals surface area (Å²) in [6, 6.07) is 10.4. The lowest BCUT2D eigenvalue weighted by Crippen LogP contribution is -2.40. The van der Waals surface area contributed by atoms with Gasteiger partial charge >= 0.3 is 6.18 Å². The van der Waals surface area contributed by atoms with Crippen LogP contribution in [0.15, 0.2) is 42.6 Å². The van der Waals surface area contributed by atoms with Gasteiger partial charge in [0.2, 0.25) is 5.91 Å². The number of benzene rings is 1. The zero-order valence-corrected chi connectivity index (χ0v) is 17.5. The number of aryl methyl sites for hydroxylation is 1. The van der Waals surface area contributed by atoms with E-state index in [2.05, 4.69) is 15.1 Å². The summed E-state index contributed by atoms with van der Waals surface area (Å²) in [7, 11) is 0. The Morgan fingerprint density at radius 1 is 1.25 bits per heavy atom. The van der Waals surface area contributed by atoms with Crippen molar-refractivity contribution in [3.63, 3.8) is 0 Å². The summed E-state index contributed by atoms with van der Waals surface area (Å²) in [5.74, 6) is -0.284. The minimum atomic E-state index is -4.55. The van der Waals surface area contributed by atoms with Gasteiger partial charge in [0.05, 0.1) is 12.1 Å². The Morgan fingerprint density at radius 3 is 2.88 bits per heavy atom. The van der Waals surface area contributed by atoms with Crippen LogP contribution in [-0.4, -0.2) is 43.5 Å². The van der Waals surface area contributed by atoms with E-state index < -0.39 is 11.9 Å². The Balaban J connectivity index is 1.40. The number of fused-ring (bicyclic) bond motifs is 2. The third-order valence-corrected chi connectivity index (χ3v) is 6.07. The van der Waals surface area contributed by atoms with E-state index in [-0.39, 0.29) is 23.9 Å². The fourth-order valence-corrected chi connectivity index (χ4v) is 4.52. The first-order chi connectivity index (χ1) is 15.3. The molecule has 1 N–H and O–H groups in total. The number of aromatic nitrogens is 4. The van der Waals surface area contributed by atoms with Crippen LogP contribution in [0.4, 0.5) is 13.2 Å². The van der Waals surface area contributed by atoms with Gasteiger partial charge in [0, 0.05) is 47.9 Å². The van der Waals surface area contributed by atoms with Crippen molar-refractivity contribution >= 4 is 22.5 Å². The van der Waals surface area contributed by atoms with E-state index in [1.807, 2.05) is 30.5 Å². The fourth-order valence-electron chi connectivity index (χ4n) is 4.52. The molecular weight excluding hydrogens is 419 g/mol. The highest BCUT2D eigenvalue weighted by atomic mass is 19.4. The van der Waals surface area contributed by atoms with Crippen LogP contribution in [0, 0.1) is 6.92 Å². The molecule has 1 unspecified atom stereocenters. The molecule has 5 rings (SSSR count). The van der Waals surface area contributed by atoms with E-state index in [1.165, 1.54) is 0 Å². The number of nitrogens with zero attached hydrogens (tertiary/aromatic N) is 4. The number of para-hydroxylation sites is 1. The number of carbonyl (C=O) groups excluding carboxylic acids is 1. The average molecular weight is 441 g/mol. The number of piperidine rings is 1. The predicted octanol–water partition coefficient (Wildman–Crippen LogP) is 4.49. The summed E-state index contributed by atoms with van der Waals surface area (Å²) in [5, 5.41) is 4.95. The highest BCUT2D eigenvalue weighted by molar-refractivity contribution is 5.88. The molecule has 0 aliphatic carbocycles. The maximum atomic E-state index is 13.7. The molecule has 0 saturated carbocycles. The van der Waals surface area contributed by atoms with Crippen molar-refractivity contribution in [2.75, 3.05) is 13.1 Å². The smallest absolute Gasteiger partial charge is 0.361 e. The molecule has 6 nitrogen and oxygen atoms in total. The molecule has 1 saturated heterocycles. The number of nitrogens with one attached hydrogen (secondary N) is 1. The average Bonchev–Trinajstić information content (AvgIpc) is 3.35. The maximum Gasteiger partial charge on any atom is 0.433 e. The van der Waals surface area contributed by atoms with Gasteiger partial charge in [0.25, 0.3) is 0 Å². The molecule has 1 aliphatic rings. The predicted molar refractivity (Wildman–Crippen MR) is 113 cm³/mol. The van der Waals surface area contributed by atoms with E-state index in [1.54, 1.807) is 17.9 Å². The molecule has 1 fully saturated rings. The quantitative estimate of drug-likeness (QED) is 0.510. The normalized spacial score (nSPS) is 17.4. The van der Waals surface area contributed by atoms with Crippen molar-refractivity contribution in [2.24, 2.45) is 0 Å². The molecule has 0 radical (unpaired) electrons. The van der Waals surface area contributed by atoms with Gasteiger partial charge in [-0.3, -0.25) is 4.79 Å². The van der Waals surface area contributed by atoms with Crippen LogP contribution in [-0.2, 0) is 17.4 Å². The van der Waals surface area contributed by atoms with Crippen molar-refractivity contribution in [1.29, 1.82) is 0 Å². The molecular formula is C23H22F3N5O. The summed E-state index contributed by atoms with van der Waals surface area (Å²) < 4.78 is 41.8. The zero-order chi connectivity index (χ0) is 22.5. The second-order valence-corrected chi connectivity index (χ2v) is 8.33. The van der Waals surface area contributed by atoms with Crippen molar-refractivity contribution < 1.29 is 18.0 Å². The highest BCUT2D eigenvalue weighted by Gasteiger charge is 2.36. The van der Waals surface area contributed by atoms with Gasteiger partial charge in [-0.25, -0.2) is 9.50 Å². The second-order valence-electron chi connectivity index (χ2n) is 8.33. The summed E-state index contributed by atoms with van der Waals surface area (Å²) >= 11 is 0. The minimum Gasteiger partial charge on any atom is -0.361 e. The molecule has 32 heavy (non-hydrogen) atoms. The molecule has 1 atom stereocenters. The van der Waals surface area contributed by atoms with E-state index in [0.717, 1.165) is 33.5 Å². The van der Waals surface area contributed by atoms with Gasteiger partial charge in [-0.2, -0.15) is 18.3 Å². The van der Waals surface area contributed by atoms with Crippen molar-refractivity contribution in [2.45, 2.75) is 38.3 Å². The largest absolute Gasteiger partial charge is 0.433 e. The summed E-state index contributed by atoms with van der Waals surface area (Å²) in [5.41, 5.74) is 2.05. The lowest BCUT2D eigenvalue weighted by molar-refractivity contribution is -0.142. The molecule has 166 valence electrons. The zero-order valence-electron chi connectivity index (χ0n) is 17.5. The molecule has 9 heteroatoms. The van der Waals surface area contributed by atoms with Gasteiger partial charge in [-0.1, -0.05) is 18.2 Å². The molecule has 0 bridgehead atoms. The summed E-state index contributed by atoms with van der Waals surface area (Å²) in [6.45, 7) is 2.59. The van der Waals surface area contributed by atoms with Crippen LogP contribution in [0.2, 0.25) is 0 Å². The van der Waals surface area contributed by atoms with E-state index in [9.17, 15) is 18.0 Å². The maximum absolute atomic E-state index is 13.7. The molecule has 0 spiro atoms. The first kappa shape index (κ1) is 20.5. The third kappa shape index (κ3) is 3.72. The topological polar surface area (TPSA) is 66.3 Å². The number of carbonyl (C=O) groups is 1. The Kier molecular flexibility index (Phi) is 4.91. The van der Waals surface area contributed by atoms with Crippen molar-refractivity contribution in [3.8, 4) is 0 Å². The van der Waals surface area contributed by atoms with Gasteiger partial charge in [-0.05, 0) is 37.5 Å².